The van der Waals surface area contributed by atoms with E-state index in [1.165, 1.54) is 103 Å². The van der Waals surface area contributed by atoms with E-state index in [1.807, 2.05) is 0 Å². The van der Waals surface area contributed by atoms with Crippen LogP contribution in [-0.4, -0.2) is 26.4 Å². The Labute approximate surface area is 212 Å². The van der Waals surface area contributed by atoms with E-state index in [2.05, 4.69) is 27.7 Å². The molecule has 33 heavy (non-hydrogen) atoms. The molecular formula is C28H60O4V. The number of hydrogen-bond donors (Lipinski definition) is 0. The Kier molecular flexibility index (Phi) is 27.4. The summed E-state index contributed by atoms with van der Waals surface area (Å²) in [5.74, 6) is 0. The molecule has 0 amide bonds. The van der Waals surface area contributed by atoms with Gasteiger partial charge in [0.2, 0.25) is 0 Å². The van der Waals surface area contributed by atoms with Crippen LogP contribution in [0, 0.1) is 0 Å². The normalized spacial score (nSPS) is 12.0. The summed E-state index contributed by atoms with van der Waals surface area (Å²) in [6.45, 7) is 11.9. The van der Waals surface area contributed by atoms with Crippen molar-refractivity contribution < 1.29 is 30.1 Å². The van der Waals surface area contributed by atoms with E-state index in [9.17, 15) is 0 Å². The zero-order chi connectivity index (χ0) is 24.3. The molecule has 0 atom stereocenters. The second-order valence-electron chi connectivity index (χ2n) is 9.44. The predicted octanol–water partition coefficient (Wildman–Crippen LogP) is 9.75. The van der Waals surface area contributed by atoms with Gasteiger partial charge in [-0.2, -0.15) is 0 Å². The van der Waals surface area contributed by atoms with Crippen LogP contribution in [0.25, 0.3) is 0 Å². The molecule has 0 bridgehead atoms. The molecule has 0 aliphatic heterocycles. The number of hydrogen-bond acceptors (Lipinski definition) is 4. The van der Waals surface area contributed by atoms with Gasteiger partial charge in [0.05, 0.1) is 0 Å². The van der Waals surface area contributed by atoms with E-state index < -0.39 is 15.4 Å². The van der Waals surface area contributed by atoms with E-state index in [0.717, 1.165) is 25.7 Å². The molecule has 0 fully saturated rings. The third kappa shape index (κ3) is 22.6. The predicted molar refractivity (Wildman–Crippen MR) is 139 cm³/mol. The van der Waals surface area contributed by atoms with Crippen molar-refractivity contribution >= 4 is 0 Å². The molecule has 0 heterocycles. The molecule has 0 saturated heterocycles. The number of rotatable bonds is 28. The molecule has 0 aromatic heterocycles. The fourth-order valence-corrected chi connectivity index (χ4v) is 6.65. The van der Waals surface area contributed by atoms with Crippen LogP contribution in [0.1, 0.15) is 156 Å². The molecule has 201 valence electrons. The summed E-state index contributed by atoms with van der Waals surface area (Å²) < 4.78 is 25.6. The fourth-order valence-electron chi connectivity index (χ4n) is 3.75. The quantitative estimate of drug-likeness (QED) is 0.0980. The van der Waals surface area contributed by atoms with E-state index >= 15 is 0 Å². The van der Waals surface area contributed by atoms with Crippen molar-refractivity contribution in [1.29, 1.82) is 0 Å². The van der Waals surface area contributed by atoms with Crippen LogP contribution < -0.4 is 0 Å². The van der Waals surface area contributed by atoms with Gasteiger partial charge < -0.3 is 0 Å². The molecule has 0 unspecified atom stereocenters. The average molecular weight is 512 g/mol. The standard InChI is InChI=1S/4C7H15O.V/c4*1-2-3-4-5-6-7-8;/h4*2-7H2,1H3;/q4*-1;+4. The molecule has 0 radical (unpaired) electrons. The minimum atomic E-state index is -3.49. The van der Waals surface area contributed by atoms with Crippen molar-refractivity contribution in [2.24, 2.45) is 0 Å². The van der Waals surface area contributed by atoms with Gasteiger partial charge in [0.1, 0.15) is 0 Å². The second-order valence-corrected chi connectivity index (χ2v) is 12.4. The van der Waals surface area contributed by atoms with Crippen molar-refractivity contribution in [2.75, 3.05) is 26.4 Å². The first-order valence-electron chi connectivity index (χ1n) is 14.7. The van der Waals surface area contributed by atoms with Crippen LogP contribution in [0.3, 0.4) is 0 Å². The van der Waals surface area contributed by atoms with Crippen molar-refractivity contribution in [3.05, 3.63) is 0 Å². The van der Waals surface area contributed by atoms with Gasteiger partial charge in [0, 0.05) is 0 Å². The van der Waals surface area contributed by atoms with Crippen LogP contribution in [0.4, 0.5) is 0 Å². The SMILES string of the molecule is CCCCCCC[O][V]([O]CCCCCCC)([O]CCCCCCC)[O]CCCCCCC. The van der Waals surface area contributed by atoms with Gasteiger partial charge in [-0.15, -0.1) is 0 Å². The summed E-state index contributed by atoms with van der Waals surface area (Å²) >= 11 is -3.49. The van der Waals surface area contributed by atoms with Crippen LogP contribution in [0.2, 0.25) is 0 Å². The molecule has 0 N–H and O–H groups in total. The van der Waals surface area contributed by atoms with E-state index in [1.54, 1.807) is 0 Å². The molecule has 4 nitrogen and oxygen atoms in total. The van der Waals surface area contributed by atoms with E-state index in [4.69, 9.17) is 14.6 Å². The Bertz CT molecular complexity index is 298. The summed E-state index contributed by atoms with van der Waals surface area (Å²) in [4.78, 5) is 0. The summed E-state index contributed by atoms with van der Waals surface area (Å²) in [5.41, 5.74) is 0. The average Bonchev–Trinajstić information content (AvgIpc) is 2.83. The van der Waals surface area contributed by atoms with Crippen molar-refractivity contribution in [1.82, 2.24) is 0 Å². The Balaban J connectivity index is 4.74. The Hall–Kier alpha value is 0.424. The fraction of sp³-hybridized carbons (Fsp3) is 1.00. The van der Waals surface area contributed by atoms with Gasteiger partial charge in [-0.1, -0.05) is 0 Å². The van der Waals surface area contributed by atoms with Crippen molar-refractivity contribution in [3.63, 3.8) is 0 Å². The third-order valence-corrected chi connectivity index (χ3v) is 9.10. The first-order chi connectivity index (χ1) is 16.2. The third-order valence-electron chi connectivity index (χ3n) is 5.99. The minimum absolute atomic E-state index is 0.707. The van der Waals surface area contributed by atoms with Gasteiger partial charge in [-0.25, -0.2) is 0 Å². The molecule has 0 aliphatic rings. The molecule has 0 aromatic carbocycles. The van der Waals surface area contributed by atoms with Gasteiger partial charge in [0.25, 0.3) is 0 Å². The van der Waals surface area contributed by atoms with Gasteiger partial charge in [0.15, 0.2) is 0 Å². The molecule has 0 aliphatic carbocycles. The van der Waals surface area contributed by atoms with E-state index in [0.29, 0.717) is 26.4 Å². The van der Waals surface area contributed by atoms with Gasteiger partial charge in [-0.05, 0) is 0 Å². The number of unbranched alkanes of at least 4 members (excludes halogenated alkanes) is 16. The van der Waals surface area contributed by atoms with Gasteiger partial charge in [-0.3, -0.25) is 0 Å². The van der Waals surface area contributed by atoms with Crippen LogP contribution in [0.15, 0.2) is 0 Å². The monoisotopic (exact) mass is 511 g/mol. The molecule has 0 aromatic rings. The molecule has 5 heteroatoms. The Morgan fingerprint density at radius 2 is 0.515 bits per heavy atom. The Morgan fingerprint density at radius 3 is 0.727 bits per heavy atom. The zero-order valence-corrected chi connectivity index (χ0v) is 24.4. The van der Waals surface area contributed by atoms with Crippen LogP contribution in [-0.2, 0) is 30.1 Å². The Morgan fingerprint density at radius 1 is 0.303 bits per heavy atom. The zero-order valence-electron chi connectivity index (χ0n) is 23.1. The molecule has 0 saturated carbocycles. The maximum atomic E-state index is 6.40. The summed E-state index contributed by atoms with van der Waals surface area (Å²) in [6.07, 6.45) is 24.6. The first kappa shape index (κ1) is 33.4. The topological polar surface area (TPSA) is 36.9 Å². The molecule has 0 rings (SSSR count). The van der Waals surface area contributed by atoms with Crippen LogP contribution in [0.5, 0.6) is 0 Å². The first-order valence-corrected chi connectivity index (χ1v) is 17.0. The summed E-state index contributed by atoms with van der Waals surface area (Å²) in [6, 6.07) is 0. The van der Waals surface area contributed by atoms with Crippen molar-refractivity contribution in [3.8, 4) is 0 Å². The summed E-state index contributed by atoms with van der Waals surface area (Å²) in [7, 11) is 0. The molecular weight excluding hydrogens is 451 g/mol. The van der Waals surface area contributed by atoms with Crippen molar-refractivity contribution in [2.45, 2.75) is 156 Å². The van der Waals surface area contributed by atoms with Crippen LogP contribution >= 0.6 is 0 Å². The summed E-state index contributed by atoms with van der Waals surface area (Å²) in [5, 5.41) is 0. The van der Waals surface area contributed by atoms with E-state index in [-0.39, 0.29) is 0 Å². The van der Waals surface area contributed by atoms with Gasteiger partial charge >= 0.3 is 213 Å². The molecule has 0 spiro atoms. The second kappa shape index (κ2) is 27.0. The maximum absolute atomic E-state index is 6.40.